The first-order valence-corrected chi connectivity index (χ1v) is 13.4. The predicted octanol–water partition coefficient (Wildman–Crippen LogP) is 7.91. The molecule has 0 unspecified atom stereocenters. The van der Waals surface area contributed by atoms with E-state index in [0.717, 1.165) is 18.4 Å². The summed E-state index contributed by atoms with van der Waals surface area (Å²) in [6.07, 6.45) is 3.34. The van der Waals surface area contributed by atoms with Crippen LogP contribution in [0.15, 0.2) is 91.0 Å². The second kappa shape index (κ2) is 8.80. The minimum atomic E-state index is -3.61. The molecule has 0 aliphatic rings. The van der Waals surface area contributed by atoms with Crippen LogP contribution >= 0.6 is 6.91 Å². The van der Waals surface area contributed by atoms with Crippen LogP contribution in [0, 0.1) is 0 Å². The van der Waals surface area contributed by atoms with Crippen LogP contribution in [0.2, 0.25) is 0 Å². The average Bonchev–Trinajstić information content (AvgIpc) is 2.76. The quantitative estimate of drug-likeness (QED) is 0.316. The summed E-state index contributed by atoms with van der Waals surface area (Å²) in [5.74, 6) is 0. The number of hydrogen-bond acceptors (Lipinski definition) is 0. The summed E-state index contributed by atoms with van der Waals surface area (Å²) >= 11 is 0. The Balaban J connectivity index is 2.11. The van der Waals surface area contributed by atoms with Crippen LogP contribution in [-0.2, 0) is 19.0 Å². The molecule has 3 aromatic carbocycles. The van der Waals surface area contributed by atoms with Crippen molar-refractivity contribution in [2.75, 3.05) is 12.3 Å². The molecular weight excluding hydrogens is 374 g/mol. The number of benzene rings is 3. The maximum atomic E-state index is 17.9. The van der Waals surface area contributed by atoms with Gasteiger partial charge in [0.2, 0.25) is 0 Å². The zero-order valence-electron chi connectivity index (χ0n) is 18.0. The van der Waals surface area contributed by atoms with Gasteiger partial charge in [0.05, 0.1) is 0 Å². The number of rotatable bonds is 9. The molecule has 0 amide bonds. The number of halogens is 1. The van der Waals surface area contributed by atoms with Crippen LogP contribution in [0.3, 0.4) is 0 Å². The van der Waals surface area contributed by atoms with Crippen LogP contribution in [0.5, 0.6) is 0 Å². The summed E-state index contributed by atoms with van der Waals surface area (Å²) in [5.41, 5.74) is 3.59. The van der Waals surface area contributed by atoms with Crippen molar-refractivity contribution in [3.8, 4) is 0 Å². The summed E-state index contributed by atoms with van der Waals surface area (Å²) < 4.78 is 17.9. The van der Waals surface area contributed by atoms with Crippen LogP contribution in [-0.4, -0.2) is 17.5 Å². The summed E-state index contributed by atoms with van der Waals surface area (Å²) in [6, 6.07) is 31.2. The molecule has 0 aromatic heterocycles. The molecule has 0 saturated carbocycles. The Morgan fingerprint density at radius 1 is 0.621 bits per heavy atom. The third-order valence-corrected chi connectivity index (χ3v) is 14.0. The average molecular weight is 409 g/mol. The normalized spacial score (nSPS) is 13.6. The predicted molar refractivity (Wildman–Crippen MR) is 128 cm³/mol. The second-order valence-electron chi connectivity index (χ2n) is 8.69. The zero-order chi connectivity index (χ0) is 20.8. The fourth-order valence-corrected chi connectivity index (χ4v) is 9.94. The molecule has 29 heavy (non-hydrogen) atoms. The molecule has 0 bridgehead atoms. The summed E-state index contributed by atoms with van der Waals surface area (Å²) in [5, 5.41) is -0.423. The van der Waals surface area contributed by atoms with Crippen molar-refractivity contribution in [1.82, 2.24) is 0 Å². The standard InChI is InChI=1S/C27H34FP/c1-4-29(28,5-2,23-26-19-13-8-14-20-26)27(3,21-24-15-9-6-10-16-24)22-25-17-11-7-12-18-25/h6-20H,4-5,21-23H2,1-3H3. The van der Waals surface area contributed by atoms with Gasteiger partial charge in [-0.1, -0.05) is 0 Å². The first kappa shape index (κ1) is 21.7. The minimum absolute atomic E-state index is 0.423. The molecule has 0 nitrogen and oxygen atoms in total. The monoisotopic (exact) mass is 408 g/mol. The molecule has 3 aromatic rings. The Labute approximate surface area is 176 Å². The van der Waals surface area contributed by atoms with Crippen LogP contribution in [0.25, 0.3) is 0 Å². The Kier molecular flexibility index (Phi) is 6.59. The van der Waals surface area contributed by atoms with E-state index < -0.39 is 12.1 Å². The van der Waals surface area contributed by atoms with E-state index in [2.05, 4.69) is 81.4 Å². The molecule has 154 valence electrons. The Morgan fingerprint density at radius 3 is 1.31 bits per heavy atom. The summed E-state index contributed by atoms with van der Waals surface area (Å²) in [6.45, 7) is 2.78. The van der Waals surface area contributed by atoms with Gasteiger partial charge in [0.1, 0.15) is 0 Å². The molecule has 0 atom stereocenters. The van der Waals surface area contributed by atoms with Crippen molar-refractivity contribution in [1.29, 1.82) is 0 Å². The van der Waals surface area contributed by atoms with Gasteiger partial charge in [0.25, 0.3) is 0 Å². The molecule has 0 fully saturated rings. The molecular formula is C27H34FP. The van der Waals surface area contributed by atoms with Gasteiger partial charge in [-0.3, -0.25) is 0 Å². The summed E-state index contributed by atoms with van der Waals surface area (Å²) in [7, 11) is 0. The van der Waals surface area contributed by atoms with Crippen LogP contribution in [0.4, 0.5) is 4.20 Å². The molecule has 0 spiro atoms. The first-order valence-electron chi connectivity index (χ1n) is 10.8. The molecule has 0 N–H and O–H groups in total. The van der Waals surface area contributed by atoms with Crippen molar-refractivity contribution >= 4 is 6.91 Å². The molecule has 3 rings (SSSR count). The van der Waals surface area contributed by atoms with Gasteiger partial charge >= 0.3 is 176 Å². The Hall–Kier alpha value is -1.98. The van der Waals surface area contributed by atoms with Gasteiger partial charge in [-0.05, 0) is 0 Å². The van der Waals surface area contributed by atoms with Crippen molar-refractivity contribution in [3.05, 3.63) is 108 Å². The summed E-state index contributed by atoms with van der Waals surface area (Å²) in [4.78, 5) is 0. The molecule has 0 aliphatic carbocycles. The Morgan fingerprint density at radius 2 is 0.966 bits per heavy atom. The fraction of sp³-hybridized carbons (Fsp3) is 0.333. The van der Waals surface area contributed by atoms with E-state index >= 15 is 4.20 Å². The van der Waals surface area contributed by atoms with Gasteiger partial charge in [-0.15, -0.1) is 0 Å². The maximum absolute atomic E-state index is 17.9. The van der Waals surface area contributed by atoms with E-state index in [-0.39, 0.29) is 0 Å². The molecule has 0 saturated heterocycles. The fourth-order valence-electron chi connectivity index (χ4n) is 4.93. The van der Waals surface area contributed by atoms with Gasteiger partial charge in [-0.25, -0.2) is 0 Å². The second-order valence-corrected chi connectivity index (χ2v) is 14.5. The van der Waals surface area contributed by atoms with Crippen molar-refractivity contribution in [3.63, 3.8) is 0 Å². The van der Waals surface area contributed by atoms with E-state index in [4.69, 9.17) is 0 Å². The number of hydrogen-bond donors (Lipinski definition) is 0. The third-order valence-electron chi connectivity index (χ3n) is 7.04. The Bertz CT molecular complexity index is 844. The van der Waals surface area contributed by atoms with Gasteiger partial charge in [-0.2, -0.15) is 0 Å². The molecule has 0 radical (unpaired) electrons. The molecule has 0 heterocycles. The van der Waals surface area contributed by atoms with Crippen LogP contribution < -0.4 is 0 Å². The topological polar surface area (TPSA) is 0 Å². The SMILES string of the molecule is CCP(F)(CC)(Cc1ccccc1)C(C)(Cc1ccccc1)Cc1ccccc1. The third kappa shape index (κ3) is 4.46. The van der Waals surface area contributed by atoms with E-state index in [0.29, 0.717) is 18.5 Å². The first-order chi connectivity index (χ1) is 13.9. The van der Waals surface area contributed by atoms with Crippen molar-refractivity contribution in [2.45, 2.75) is 44.9 Å². The van der Waals surface area contributed by atoms with Crippen molar-refractivity contribution < 1.29 is 4.20 Å². The van der Waals surface area contributed by atoms with Gasteiger partial charge < -0.3 is 0 Å². The molecule has 0 aliphatic heterocycles. The van der Waals surface area contributed by atoms with E-state index in [1.165, 1.54) is 11.1 Å². The van der Waals surface area contributed by atoms with Gasteiger partial charge in [0.15, 0.2) is 0 Å². The molecule has 2 heteroatoms. The van der Waals surface area contributed by atoms with Gasteiger partial charge in [0, 0.05) is 0 Å². The van der Waals surface area contributed by atoms with Crippen molar-refractivity contribution in [2.24, 2.45) is 0 Å². The van der Waals surface area contributed by atoms with E-state index in [1.54, 1.807) is 0 Å². The van der Waals surface area contributed by atoms with E-state index in [9.17, 15) is 0 Å². The zero-order valence-corrected chi connectivity index (χ0v) is 18.9. The van der Waals surface area contributed by atoms with Crippen LogP contribution in [0.1, 0.15) is 37.5 Å². The van der Waals surface area contributed by atoms with E-state index in [1.807, 2.05) is 30.3 Å².